The van der Waals surface area contributed by atoms with E-state index in [-0.39, 0.29) is 5.56 Å². The minimum atomic E-state index is -2.89. The number of aliphatic carboxylic acids is 1. The number of carboxylic acid groups (broad SMARTS) is 1. The second kappa shape index (κ2) is 4.93. The van der Waals surface area contributed by atoms with Gasteiger partial charge in [0.1, 0.15) is 5.82 Å². The first-order valence-corrected chi connectivity index (χ1v) is 4.33. The molecule has 0 bridgehead atoms. The van der Waals surface area contributed by atoms with Gasteiger partial charge in [0.15, 0.2) is 0 Å². The fraction of sp³-hybridized carbons (Fsp3) is 0.333. The van der Waals surface area contributed by atoms with Crippen molar-refractivity contribution in [1.29, 1.82) is 0 Å². The Morgan fingerprint density at radius 3 is 2.62 bits per heavy atom. The third-order valence-electron chi connectivity index (χ3n) is 1.98. The van der Waals surface area contributed by atoms with Gasteiger partial charge >= 0.3 is 5.97 Å². The molecule has 16 heavy (non-hydrogen) atoms. The number of nitrogens with zero attached hydrogens (tertiary/aromatic N) is 1. The van der Waals surface area contributed by atoms with Gasteiger partial charge in [-0.25, -0.2) is 13.2 Å². The van der Waals surface area contributed by atoms with E-state index in [1.165, 1.54) is 0 Å². The van der Waals surface area contributed by atoms with Crippen molar-refractivity contribution in [3.05, 3.63) is 28.8 Å². The summed E-state index contributed by atoms with van der Waals surface area (Å²) < 4.78 is 38.3. The number of carbonyl (C=O) groups is 1. The molecule has 1 rings (SSSR count). The van der Waals surface area contributed by atoms with Gasteiger partial charge in [-0.05, 0) is 0 Å². The van der Waals surface area contributed by atoms with Crippen LogP contribution in [-0.2, 0) is 17.8 Å². The molecule has 7 heteroatoms. The number of rotatable bonds is 4. The van der Waals surface area contributed by atoms with Crippen LogP contribution in [-0.4, -0.2) is 16.1 Å². The Morgan fingerprint density at radius 2 is 2.19 bits per heavy atom. The number of aromatic nitrogens is 1. The van der Waals surface area contributed by atoms with Gasteiger partial charge in [0.2, 0.25) is 0 Å². The highest BCUT2D eigenvalue weighted by Gasteiger charge is 2.20. The molecule has 0 aliphatic heterocycles. The van der Waals surface area contributed by atoms with Crippen molar-refractivity contribution >= 4 is 5.97 Å². The van der Waals surface area contributed by atoms with Crippen molar-refractivity contribution < 1.29 is 23.1 Å². The molecule has 0 fully saturated rings. The Morgan fingerprint density at radius 1 is 1.56 bits per heavy atom. The summed E-state index contributed by atoms with van der Waals surface area (Å²) in [6, 6.07) is 0. The van der Waals surface area contributed by atoms with Gasteiger partial charge in [-0.2, -0.15) is 0 Å². The predicted octanol–water partition coefficient (Wildman–Crippen LogP) is 1.24. The average Bonchev–Trinajstić information content (AvgIpc) is 2.19. The minimum absolute atomic E-state index is 0.388. The number of halogens is 3. The highest BCUT2D eigenvalue weighted by Crippen LogP contribution is 2.25. The molecule has 0 atom stereocenters. The molecule has 88 valence electrons. The zero-order chi connectivity index (χ0) is 12.3. The quantitative estimate of drug-likeness (QED) is 0.821. The minimum Gasteiger partial charge on any atom is -0.481 e. The number of carboxylic acids is 1. The first kappa shape index (κ1) is 12.4. The predicted molar refractivity (Wildman–Crippen MR) is 48.4 cm³/mol. The lowest BCUT2D eigenvalue weighted by molar-refractivity contribution is -0.136. The van der Waals surface area contributed by atoms with E-state index in [4.69, 9.17) is 10.8 Å². The SMILES string of the molecule is NCc1c(C(F)F)cnc(CC(=O)O)c1F. The van der Waals surface area contributed by atoms with Crippen molar-refractivity contribution in [2.45, 2.75) is 19.4 Å². The van der Waals surface area contributed by atoms with E-state index in [1.54, 1.807) is 0 Å². The maximum absolute atomic E-state index is 13.5. The van der Waals surface area contributed by atoms with E-state index in [9.17, 15) is 18.0 Å². The van der Waals surface area contributed by atoms with Gasteiger partial charge in [0, 0.05) is 23.9 Å². The molecule has 0 amide bonds. The van der Waals surface area contributed by atoms with Crippen LogP contribution in [0.2, 0.25) is 0 Å². The Kier molecular flexibility index (Phi) is 3.83. The van der Waals surface area contributed by atoms with Crippen LogP contribution in [0.5, 0.6) is 0 Å². The summed E-state index contributed by atoms with van der Waals surface area (Å²) in [6.45, 7) is -0.430. The molecular weight excluding hydrogens is 225 g/mol. The van der Waals surface area contributed by atoms with Crippen LogP contribution in [0.4, 0.5) is 13.2 Å². The number of pyridine rings is 1. The van der Waals surface area contributed by atoms with E-state index >= 15 is 0 Å². The van der Waals surface area contributed by atoms with Crippen LogP contribution < -0.4 is 5.73 Å². The maximum Gasteiger partial charge on any atom is 0.309 e. The van der Waals surface area contributed by atoms with E-state index in [1.807, 2.05) is 0 Å². The van der Waals surface area contributed by atoms with Gasteiger partial charge < -0.3 is 10.8 Å². The molecular formula is C9H9F3N2O2. The topological polar surface area (TPSA) is 76.2 Å². The van der Waals surface area contributed by atoms with E-state index in [0.717, 1.165) is 6.20 Å². The molecule has 0 spiro atoms. The summed E-state index contributed by atoms with van der Waals surface area (Å²) in [5.41, 5.74) is 3.76. The molecule has 1 aromatic heterocycles. The van der Waals surface area contributed by atoms with Crippen LogP contribution in [0.3, 0.4) is 0 Å². The summed E-state index contributed by atoms with van der Waals surface area (Å²) in [5, 5.41) is 8.45. The van der Waals surface area contributed by atoms with Crippen molar-refractivity contribution in [1.82, 2.24) is 4.98 Å². The third-order valence-corrected chi connectivity index (χ3v) is 1.98. The fourth-order valence-electron chi connectivity index (χ4n) is 1.24. The molecule has 3 N–H and O–H groups in total. The Hall–Kier alpha value is -1.63. The highest BCUT2D eigenvalue weighted by atomic mass is 19.3. The highest BCUT2D eigenvalue weighted by molar-refractivity contribution is 5.69. The van der Waals surface area contributed by atoms with Crippen LogP contribution in [0.25, 0.3) is 0 Å². The molecule has 0 aliphatic carbocycles. The van der Waals surface area contributed by atoms with E-state index in [0.29, 0.717) is 0 Å². The average molecular weight is 234 g/mol. The third kappa shape index (κ3) is 2.48. The number of alkyl halides is 2. The zero-order valence-electron chi connectivity index (χ0n) is 8.08. The molecule has 0 unspecified atom stereocenters. The Bertz CT molecular complexity index is 410. The summed E-state index contributed by atoms with van der Waals surface area (Å²) in [6.07, 6.45) is -2.80. The molecule has 4 nitrogen and oxygen atoms in total. The largest absolute Gasteiger partial charge is 0.481 e. The second-order valence-electron chi connectivity index (χ2n) is 3.03. The molecule has 1 heterocycles. The lowest BCUT2D eigenvalue weighted by Crippen LogP contribution is -2.12. The van der Waals surface area contributed by atoms with E-state index in [2.05, 4.69) is 4.98 Å². The van der Waals surface area contributed by atoms with Crippen molar-refractivity contribution in [2.24, 2.45) is 5.73 Å². The zero-order valence-corrected chi connectivity index (χ0v) is 8.08. The van der Waals surface area contributed by atoms with Crippen molar-refractivity contribution in [3.63, 3.8) is 0 Å². The number of hydrogen-bond donors (Lipinski definition) is 2. The van der Waals surface area contributed by atoms with Crippen molar-refractivity contribution in [2.75, 3.05) is 0 Å². The first-order chi connectivity index (χ1) is 7.47. The Balaban J connectivity index is 3.23. The summed E-state index contributed by atoms with van der Waals surface area (Å²) in [7, 11) is 0. The number of nitrogens with two attached hydrogens (primary N) is 1. The smallest absolute Gasteiger partial charge is 0.309 e. The normalized spacial score (nSPS) is 10.8. The first-order valence-electron chi connectivity index (χ1n) is 4.33. The molecule has 1 aromatic rings. The van der Waals surface area contributed by atoms with E-state index < -0.39 is 42.4 Å². The summed E-state index contributed by atoms with van der Waals surface area (Å²) in [4.78, 5) is 13.7. The molecule has 0 radical (unpaired) electrons. The van der Waals surface area contributed by atoms with Crippen molar-refractivity contribution in [3.8, 4) is 0 Å². The van der Waals surface area contributed by atoms with Crippen LogP contribution in [0.15, 0.2) is 6.20 Å². The van der Waals surface area contributed by atoms with Crippen LogP contribution in [0.1, 0.15) is 23.2 Å². The monoisotopic (exact) mass is 234 g/mol. The van der Waals surface area contributed by atoms with Gasteiger partial charge in [0.05, 0.1) is 12.1 Å². The lowest BCUT2D eigenvalue weighted by Gasteiger charge is -2.09. The summed E-state index contributed by atoms with van der Waals surface area (Å²) in [5.74, 6) is -2.36. The second-order valence-corrected chi connectivity index (χ2v) is 3.03. The Labute approximate surface area is 88.9 Å². The molecule has 0 aliphatic rings. The molecule has 0 saturated carbocycles. The molecule has 0 saturated heterocycles. The van der Waals surface area contributed by atoms with Gasteiger partial charge in [-0.3, -0.25) is 9.78 Å². The van der Waals surface area contributed by atoms with Gasteiger partial charge in [-0.1, -0.05) is 0 Å². The fourth-order valence-corrected chi connectivity index (χ4v) is 1.24. The molecule has 0 aromatic carbocycles. The standard InChI is InChI=1S/C9H9F3N2O2/c10-8-4(2-13)5(9(11)12)3-14-6(8)1-7(15)16/h3,9H,1-2,13H2,(H,15,16). The van der Waals surface area contributed by atoms with Gasteiger partial charge in [0.25, 0.3) is 6.43 Å². The van der Waals surface area contributed by atoms with Gasteiger partial charge in [-0.15, -0.1) is 0 Å². The number of hydrogen-bond acceptors (Lipinski definition) is 3. The van der Waals surface area contributed by atoms with Crippen LogP contribution >= 0.6 is 0 Å². The van der Waals surface area contributed by atoms with Crippen LogP contribution in [0, 0.1) is 5.82 Å². The summed E-state index contributed by atoms with van der Waals surface area (Å²) >= 11 is 0. The lowest BCUT2D eigenvalue weighted by atomic mass is 10.1. The maximum atomic E-state index is 13.5.